The van der Waals surface area contributed by atoms with Crippen LogP contribution in [-0.4, -0.2) is 52.1 Å². The van der Waals surface area contributed by atoms with Crippen molar-refractivity contribution in [3.63, 3.8) is 0 Å². The van der Waals surface area contributed by atoms with Crippen molar-refractivity contribution in [2.75, 3.05) is 19.0 Å². The highest BCUT2D eigenvalue weighted by atomic mass is 16.5. The Morgan fingerprint density at radius 3 is 2.85 bits per heavy atom. The fourth-order valence-corrected chi connectivity index (χ4v) is 3.90. The van der Waals surface area contributed by atoms with Crippen LogP contribution in [-0.2, 0) is 18.3 Å². The fraction of sp³-hybridized carbons (Fsp3) is 0.579. The van der Waals surface area contributed by atoms with E-state index in [2.05, 4.69) is 10.1 Å². The van der Waals surface area contributed by atoms with Gasteiger partial charge >= 0.3 is 0 Å². The van der Waals surface area contributed by atoms with Gasteiger partial charge in [0, 0.05) is 39.7 Å². The summed E-state index contributed by atoms with van der Waals surface area (Å²) in [4.78, 5) is 31.6. The lowest BCUT2D eigenvalue weighted by atomic mass is 9.82. The number of aromatic nitrogens is 3. The van der Waals surface area contributed by atoms with Crippen molar-refractivity contribution in [2.45, 2.75) is 45.1 Å². The molecule has 8 nitrogen and oxygen atoms in total. The minimum absolute atomic E-state index is 0.111. The van der Waals surface area contributed by atoms with Crippen molar-refractivity contribution in [3.8, 4) is 0 Å². The van der Waals surface area contributed by atoms with Crippen molar-refractivity contribution in [3.05, 3.63) is 29.5 Å². The number of anilines is 1. The summed E-state index contributed by atoms with van der Waals surface area (Å²) >= 11 is 0. The topological polar surface area (TPSA) is 84.5 Å². The molecule has 27 heavy (non-hydrogen) atoms. The van der Waals surface area contributed by atoms with E-state index in [9.17, 15) is 9.59 Å². The van der Waals surface area contributed by atoms with Gasteiger partial charge < -0.3 is 18.9 Å². The number of nitrogens with zero attached hydrogens (tertiary/aromatic N) is 5. The SMILES string of the molecule is Cc1cc(CC2CCCC(N(C)C(=O)c3c(N(C)C=O)ncn3C)C2)on1. The Kier molecular flexibility index (Phi) is 5.62. The van der Waals surface area contributed by atoms with Crippen molar-refractivity contribution in [1.82, 2.24) is 19.6 Å². The van der Waals surface area contributed by atoms with E-state index in [-0.39, 0.29) is 11.9 Å². The van der Waals surface area contributed by atoms with Crippen LogP contribution < -0.4 is 4.90 Å². The van der Waals surface area contributed by atoms with E-state index < -0.39 is 0 Å². The van der Waals surface area contributed by atoms with Gasteiger partial charge in [-0.2, -0.15) is 0 Å². The summed E-state index contributed by atoms with van der Waals surface area (Å²) in [6.07, 6.45) is 7.19. The van der Waals surface area contributed by atoms with Crippen LogP contribution in [0.3, 0.4) is 0 Å². The zero-order chi connectivity index (χ0) is 19.6. The Labute approximate surface area is 159 Å². The molecule has 1 aliphatic carbocycles. The summed E-state index contributed by atoms with van der Waals surface area (Å²) < 4.78 is 7.03. The molecule has 1 saturated carbocycles. The second-order valence-corrected chi connectivity index (χ2v) is 7.49. The molecule has 2 aromatic heterocycles. The summed E-state index contributed by atoms with van der Waals surface area (Å²) in [6.45, 7) is 1.92. The highest BCUT2D eigenvalue weighted by Crippen LogP contribution is 2.31. The number of amides is 2. The van der Waals surface area contributed by atoms with Gasteiger partial charge in [-0.1, -0.05) is 11.6 Å². The average Bonchev–Trinajstić information content (AvgIpc) is 3.25. The molecule has 0 saturated heterocycles. The lowest BCUT2D eigenvalue weighted by molar-refractivity contribution is -0.107. The fourth-order valence-electron chi connectivity index (χ4n) is 3.90. The van der Waals surface area contributed by atoms with Crippen molar-refractivity contribution >= 4 is 18.1 Å². The van der Waals surface area contributed by atoms with E-state index in [1.54, 1.807) is 29.9 Å². The summed E-state index contributed by atoms with van der Waals surface area (Å²) in [7, 11) is 5.21. The van der Waals surface area contributed by atoms with Gasteiger partial charge in [0.05, 0.1) is 12.0 Å². The van der Waals surface area contributed by atoms with Crippen LogP contribution >= 0.6 is 0 Å². The first-order valence-corrected chi connectivity index (χ1v) is 9.29. The molecule has 0 spiro atoms. The van der Waals surface area contributed by atoms with Crippen LogP contribution in [0.25, 0.3) is 0 Å². The van der Waals surface area contributed by atoms with Gasteiger partial charge in [-0.25, -0.2) is 4.98 Å². The number of carbonyl (C=O) groups excluding carboxylic acids is 2. The third kappa shape index (κ3) is 4.04. The number of aryl methyl sites for hydroxylation is 2. The lowest BCUT2D eigenvalue weighted by Gasteiger charge is -2.35. The molecule has 2 unspecified atom stereocenters. The van der Waals surface area contributed by atoms with Crippen LogP contribution in [0, 0.1) is 12.8 Å². The third-order valence-corrected chi connectivity index (χ3v) is 5.40. The Balaban J connectivity index is 1.71. The Morgan fingerprint density at radius 2 is 2.19 bits per heavy atom. The number of rotatable bonds is 6. The zero-order valence-electron chi connectivity index (χ0n) is 16.4. The van der Waals surface area contributed by atoms with E-state index >= 15 is 0 Å². The van der Waals surface area contributed by atoms with Crippen molar-refractivity contribution in [1.29, 1.82) is 0 Å². The van der Waals surface area contributed by atoms with Gasteiger partial charge in [0.1, 0.15) is 5.76 Å². The van der Waals surface area contributed by atoms with E-state index in [0.717, 1.165) is 43.6 Å². The van der Waals surface area contributed by atoms with Crippen molar-refractivity contribution in [2.24, 2.45) is 13.0 Å². The smallest absolute Gasteiger partial charge is 0.274 e. The molecule has 1 fully saturated rings. The molecular formula is C19H27N5O3. The van der Waals surface area contributed by atoms with E-state index in [4.69, 9.17) is 4.52 Å². The zero-order valence-corrected chi connectivity index (χ0v) is 16.4. The van der Waals surface area contributed by atoms with Crippen LogP contribution in [0.15, 0.2) is 16.9 Å². The molecule has 2 heterocycles. The van der Waals surface area contributed by atoms with Crippen LogP contribution in [0.5, 0.6) is 0 Å². The minimum atomic E-state index is -0.111. The summed E-state index contributed by atoms with van der Waals surface area (Å²) in [5.41, 5.74) is 1.33. The highest BCUT2D eigenvalue weighted by molar-refractivity contribution is 5.99. The molecule has 146 valence electrons. The summed E-state index contributed by atoms with van der Waals surface area (Å²) in [5.74, 6) is 1.65. The molecule has 0 aromatic carbocycles. The first-order valence-electron chi connectivity index (χ1n) is 9.29. The maximum Gasteiger partial charge on any atom is 0.274 e. The van der Waals surface area contributed by atoms with Crippen LogP contribution in [0.4, 0.5) is 5.82 Å². The standard InChI is InChI=1S/C19H27N5O3/c1-13-8-16(27-21-13)10-14-6-5-7-15(9-14)24(4)19(26)17-18(23(3)12-25)20-11-22(17)2/h8,11-12,14-15H,5-7,9-10H2,1-4H3. The van der Waals surface area contributed by atoms with E-state index in [0.29, 0.717) is 23.8 Å². The Morgan fingerprint density at radius 1 is 1.41 bits per heavy atom. The second kappa shape index (κ2) is 7.94. The molecule has 8 heteroatoms. The minimum Gasteiger partial charge on any atom is -0.361 e. The van der Waals surface area contributed by atoms with E-state index in [1.807, 2.05) is 20.0 Å². The molecule has 0 radical (unpaired) electrons. The Bertz CT molecular complexity index is 812. The maximum absolute atomic E-state index is 13.1. The van der Waals surface area contributed by atoms with Crippen LogP contribution in [0.2, 0.25) is 0 Å². The Hall–Kier alpha value is -2.64. The second-order valence-electron chi connectivity index (χ2n) is 7.49. The predicted octanol–water partition coefficient (Wildman–Crippen LogP) is 2.18. The lowest BCUT2D eigenvalue weighted by Crippen LogP contribution is -2.41. The molecule has 0 aliphatic heterocycles. The largest absolute Gasteiger partial charge is 0.361 e. The maximum atomic E-state index is 13.1. The predicted molar refractivity (Wildman–Crippen MR) is 100 cm³/mol. The van der Waals surface area contributed by atoms with Gasteiger partial charge in [0.15, 0.2) is 11.5 Å². The molecular weight excluding hydrogens is 346 g/mol. The first kappa shape index (κ1) is 19.1. The van der Waals surface area contributed by atoms with Crippen LogP contribution in [0.1, 0.15) is 47.6 Å². The van der Waals surface area contributed by atoms with Crippen molar-refractivity contribution < 1.29 is 14.1 Å². The third-order valence-electron chi connectivity index (χ3n) is 5.40. The average molecular weight is 373 g/mol. The molecule has 2 aromatic rings. The number of hydrogen-bond donors (Lipinski definition) is 0. The van der Waals surface area contributed by atoms with E-state index in [1.165, 1.54) is 4.90 Å². The first-order chi connectivity index (χ1) is 12.9. The molecule has 1 aliphatic rings. The quantitative estimate of drug-likeness (QED) is 0.725. The van der Waals surface area contributed by atoms with Gasteiger partial charge in [0.2, 0.25) is 6.41 Å². The number of imidazole rings is 1. The normalized spacial score (nSPS) is 19.7. The monoisotopic (exact) mass is 373 g/mol. The van der Waals surface area contributed by atoms with Gasteiger partial charge in [0.25, 0.3) is 5.91 Å². The van der Waals surface area contributed by atoms with Gasteiger partial charge in [-0.15, -0.1) is 0 Å². The number of hydrogen-bond acceptors (Lipinski definition) is 5. The molecule has 3 rings (SSSR count). The summed E-state index contributed by atoms with van der Waals surface area (Å²) in [6, 6.07) is 2.14. The molecule has 0 N–H and O–H groups in total. The molecule has 2 atom stereocenters. The summed E-state index contributed by atoms with van der Waals surface area (Å²) in [5, 5.41) is 3.96. The molecule has 0 bridgehead atoms. The van der Waals surface area contributed by atoms with Gasteiger partial charge in [-0.3, -0.25) is 9.59 Å². The highest BCUT2D eigenvalue weighted by Gasteiger charge is 2.31. The van der Waals surface area contributed by atoms with Gasteiger partial charge in [-0.05, 0) is 32.1 Å². The molecule has 2 amide bonds. The number of carbonyl (C=O) groups is 2.